The van der Waals surface area contributed by atoms with E-state index in [1.165, 1.54) is 104 Å². The largest absolute Gasteiger partial charge is 0.309 e. The highest BCUT2D eigenvalue weighted by molar-refractivity contribution is 6.12. The van der Waals surface area contributed by atoms with Crippen molar-refractivity contribution >= 4 is 65.4 Å². The maximum atomic E-state index is 4.97. The molecule has 0 bridgehead atoms. The lowest BCUT2D eigenvalue weighted by atomic mass is 9.98. The molecule has 5 nitrogen and oxygen atoms in total. The van der Waals surface area contributed by atoms with Crippen LogP contribution in [0.4, 0.5) is 0 Å². The molecule has 14 rings (SSSR count). The molecule has 0 aliphatic carbocycles. The van der Waals surface area contributed by atoms with Gasteiger partial charge in [-0.05, 0) is 145 Å². The van der Waals surface area contributed by atoms with Crippen molar-refractivity contribution in [3.05, 3.63) is 259 Å². The predicted octanol–water partition coefficient (Wildman–Crippen LogP) is 16.7. The number of fused-ring (bicyclic) bond motifs is 9. The van der Waals surface area contributed by atoms with Gasteiger partial charge in [-0.25, -0.2) is 4.98 Å². The van der Waals surface area contributed by atoms with Crippen LogP contribution in [0.3, 0.4) is 0 Å². The maximum absolute atomic E-state index is 4.97. The van der Waals surface area contributed by atoms with Crippen LogP contribution in [-0.4, -0.2) is 23.3 Å². The van der Waals surface area contributed by atoms with Gasteiger partial charge in [-0.2, -0.15) is 0 Å². The van der Waals surface area contributed by atoms with Crippen LogP contribution in [0, 0.1) is 13.8 Å². The highest BCUT2D eigenvalue weighted by atomic mass is 15.1. The summed E-state index contributed by atoms with van der Waals surface area (Å²) in [5, 5.41) is 7.46. The SMILES string of the molecule is Cc1cc(Cc2cccc(-n3c4ccccc4c4cc(-c5cccc(-n6c7ccccc7c7ccccc76)c5)ccc43)c2)cc(C)c1-n1ccnc1-c1ccc2c(c1)c1ccccc1n2-c1ccccc1. The molecule has 0 atom stereocenters. The molecule has 4 aromatic heterocycles. The van der Waals surface area contributed by atoms with Crippen LogP contribution in [0.1, 0.15) is 22.3 Å². The van der Waals surface area contributed by atoms with E-state index in [-0.39, 0.29) is 0 Å². The molecule has 0 aliphatic heterocycles. The van der Waals surface area contributed by atoms with Crippen molar-refractivity contribution < 1.29 is 0 Å². The Morgan fingerprint density at radius 2 is 0.789 bits per heavy atom. The van der Waals surface area contributed by atoms with Crippen LogP contribution >= 0.6 is 0 Å². The first kappa shape index (κ1) is 40.8. The molecule has 0 aliphatic rings. The van der Waals surface area contributed by atoms with Crippen molar-refractivity contribution in [1.29, 1.82) is 0 Å². The molecule has 71 heavy (non-hydrogen) atoms. The first-order chi connectivity index (χ1) is 35.0. The van der Waals surface area contributed by atoms with E-state index in [0.29, 0.717) is 0 Å². The molecule has 0 saturated carbocycles. The van der Waals surface area contributed by atoms with Crippen molar-refractivity contribution in [1.82, 2.24) is 23.3 Å². The topological polar surface area (TPSA) is 32.6 Å². The van der Waals surface area contributed by atoms with Gasteiger partial charge in [0, 0.05) is 67.3 Å². The van der Waals surface area contributed by atoms with E-state index in [2.05, 4.69) is 263 Å². The van der Waals surface area contributed by atoms with Crippen molar-refractivity contribution in [2.45, 2.75) is 20.3 Å². The van der Waals surface area contributed by atoms with Gasteiger partial charge in [0.05, 0.1) is 38.8 Å². The van der Waals surface area contributed by atoms with E-state index in [9.17, 15) is 0 Å². The molecule has 0 saturated heterocycles. The fourth-order valence-electron chi connectivity index (χ4n) is 11.7. The Hall–Kier alpha value is -9.19. The minimum absolute atomic E-state index is 0.818. The van der Waals surface area contributed by atoms with E-state index < -0.39 is 0 Å². The summed E-state index contributed by atoms with van der Waals surface area (Å²) in [6.07, 6.45) is 4.84. The number of nitrogens with zero attached hydrogens (tertiary/aromatic N) is 5. The van der Waals surface area contributed by atoms with Gasteiger partial charge in [-0.3, -0.25) is 4.57 Å². The molecule has 0 fully saturated rings. The third kappa shape index (κ3) is 6.58. The monoisotopic (exact) mass is 909 g/mol. The van der Waals surface area contributed by atoms with Gasteiger partial charge < -0.3 is 13.7 Å². The van der Waals surface area contributed by atoms with Gasteiger partial charge in [-0.15, -0.1) is 0 Å². The Labute approximate surface area is 411 Å². The molecule has 5 heteroatoms. The second kappa shape index (κ2) is 16.2. The zero-order valence-electron chi connectivity index (χ0n) is 39.5. The van der Waals surface area contributed by atoms with E-state index in [1.807, 2.05) is 6.20 Å². The lowest BCUT2D eigenvalue weighted by molar-refractivity contribution is 1.02. The quantitative estimate of drug-likeness (QED) is 0.149. The van der Waals surface area contributed by atoms with Crippen LogP contribution < -0.4 is 0 Å². The molecule has 4 heterocycles. The Bertz CT molecular complexity index is 4330. The summed E-state index contributed by atoms with van der Waals surface area (Å²) in [6, 6.07) is 82.1. The van der Waals surface area contributed by atoms with Gasteiger partial charge in [0.1, 0.15) is 5.82 Å². The summed E-state index contributed by atoms with van der Waals surface area (Å²) in [4.78, 5) is 4.97. The molecule has 10 aromatic carbocycles. The Balaban J connectivity index is 0.787. The van der Waals surface area contributed by atoms with Crippen molar-refractivity contribution in [2.75, 3.05) is 0 Å². The number of aromatic nitrogens is 5. The van der Waals surface area contributed by atoms with Crippen LogP contribution in [0.25, 0.3) is 111 Å². The minimum atomic E-state index is 0.818. The molecule has 0 unspecified atom stereocenters. The minimum Gasteiger partial charge on any atom is -0.309 e. The summed E-state index contributed by atoms with van der Waals surface area (Å²) in [7, 11) is 0. The number of hydrogen-bond donors (Lipinski definition) is 0. The fraction of sp³-hybridized carbons (Fsp3) is 0.0455. The van der Waals surface area contributed by atoms with Crippen molar-refractivity contribution in [2.24, 2.45) is 0 Å². The van der Waals surface area contributed by atoms with Crippen LogP contribution in [0.5, 0.6) is 0 Å². The standard InChI is InChI=1S/C66H47N5/c1-43-36-46(37-44(2)65(43)68-35-34-67-66(68)49-31-33-63-58(42-49)56-25-8-12-28-61(56)69(63)50-18-4-3-5-19-50)38-45-16-14-20-51(39-45)70-62-29-13-9-24-55(62)57-41-48(30-32-64(57)70)47-17-15-21-52(40-47)71-59-26-10-6-22-53(59)54-23-7-11-27-60(54)71/h3-37,39-42H,38H2,1-2H3. The Kier molecular flexibility index (Phi) is 9.33. The number of para-hydroxylation sites is 5. The summed E-state index contributed by atoms with van der Waals surface area (Å²) in [5.74, 6) is 0.932. The second-order valence-electron chi connectivity index (χ2n) is 19.0. The van der Waals surface area contributed by atoms with Gasteiger partial charge in [0.25, 0.3) is 0 Å². The zero-order valence-corrected chi connectivity index (χ0v) is 39.5. The Morgan fingerprint density at radius 1 is 0.338 bits per heavy atom. The third-order valence-corrected chi connectivity index (χ3v) is 14.6. The molecule has 0 N–H and O–H groups in total. The number of imidazole rings is 1. The smallest absolute Gasteiger partial charge is 0.144 e. The van der Waals surface area contributed by atoms with Crippen LogP contribution in [0.2, 0.25) is 0 Å². The normalized spacial score (nSPS) is 11.9. The molecule has 336 valence electrons. The predicted molar refractivity (Wildman–Crippen MR) is 296 cm³/mol. The first-order valence-corrected chi connectivity index (χ1v) is 24.5. The first-order valence-electron chi connectivity index (χ1n) is 24.5. The number of benzene rings is 10. The average molecular weight is 910 g/mol. The second-order valence-corrected chi connectivity index (χ2v) is 19.0. The molecular formula is C66H47N5. The summed E-state index contributed by atoms with van der Waals surface area (Å²) in [6.45, 7) is 4.46. The van der Waals surface area contributed by atoms with Gasteiger partial charge >= 0.3 is 0 Å². The van der Waals surface area contributed by atoms with Crippen LogP contribution in [0.15, 0.2) is 237 Å². The molecule has 0 amide bonds. The van der Waals surface area contributed by atoms with E-state index in [4.69, 9.17) is 4.98 Å². The fourth-order valence-corrected chi connectivity index (χ4v) is 11.7. The van der Waals surface area contributed by atoms with Gasteiger partial charge in [0.15, 0.2) is 0 Å². The number of hydrogen-bond acceptors (Lipinski definition) is 1. The van der Waals surface area contributed by atoms with E-state index in [0.717, 1.165) is 34.9 Å². The Morgan fingerprint density at radius 3 is 1.39 bits per heavy atom. The lowest BCUT2D eigenvalue weighted by Gasteiger charge is -2.17. The lowest BCUT2D eigenvalue weighted by Crippen LogP contribution is -2.03. The van der Waals surface area contributed by atoms with Crippen molar-refractivity contribution in [3.8, 4) is 45.3 Å². The molecule has 0 spiro atoms. The van der Waals surface area contributed by atoms with Crippen LogP contribution in [-0.2, 0) is 6.42 Å². The van der Waals surface area contributed by atoms with Gasteiger partial charge in [0.2, 0.25) is 0 Å². The maximum Gasteiger partial charge on any atom is 0.144 e. The summed E-state index contributed by atoms with van der Waals surface area (Å²) in [5.41, 5.74) is 20.3. The van der Waals surface area contributed by atoms with Gasteiger partial charge in [-0.1, -0.05) is 133 Å². The number of aryl methyl sites for hydroxylation is 2. The number of rotatable bonds is 8. The highest BCUT2D eigenvalue weighted by Gasteiger charge is 2.19. The zero-order chi connectivity index (χ0) is 47.2. The van der Waals surface area contributed by atoms with E-state index in [1.54, 1.807) is 0 Å². The molecule has 14 aromatic rings. The summed E-state index contributed by atoms with van der Waals surface area (Å²) >= 11 is 0. The van der Waals surface area contributed by atoms with E-state index >= 15 is 0 Å². The average Bonchev–Trinajstić information content (AvgIpc) is 4.19. The van der Waals surface area contributed by atoms with Crippen molar-refractivity contribution in [3.63, 3.8) is 0 Å². The molecular weight excluding hydrogens is 863 g/mol. The molecule has 0 radical (unpaired) electrons. The highest BCUT2D eigenvalue weighted by Crippen LogP contribution is 2.39. The summed E-state index contributed by atoms with van der Waals surface area (Å²) < 4.78 is 9.45. The third-order valence-electron chi connectivity index (χ3n) is 14.6.